The van der Waals surface area contributed by atoms with Crippen LogP contribution in [-0.4, -0.2) is 33.5 Å². The summed E-state index contributed by atoms with van der Waals surface area (Å²) in [5.74, 6) is 1.03. The van der Waals surface area contributed by atoms with Crippen LogP contribution in [0.2, 0.25) is 0 Å². The van der Waals surface area contributed by atoms with Gasteiger partial charge in [-0.25, -0.2) is 4.98 Å². The Kier molecular flexibility index (Phi) is 4.99. The fourth-order valence-electron chi connectivity index (χ4n) is 3.17. The van der Waals surface area contributed by atoms with Crippen LogP contribution in [-0.2, 0) is 18.2 Å². The molecule has 1 aliphatic rings. The van der Waals surface area contributed by atoms with Crippen LogP contribution >= 0.6 is 0 Å². The molecule has 0 aliphatic heterocycles. The third-order valence-corrected chi connectivity index (χ3v) is 4.53. The van der Waals surface area contributed by atoms with Gasteiger partial charge in [0.15, 0.2) is 0 Å². The van der Waals surface area contributed by atoms with Crippen molar-refractivity contribution in [3.8, 4) is 0 Å². The maximum absolute atomic E-state index is 10.6. The summed E-state index contributed by atoms with van der Waals surface area (Å²) < 4.78 is 7.76. The van der Waals surface area contributed by atoms with E-state index in [1.807, 2.05) is 17.8 Å². The average Bonchev–Trinajstić information content (AvgIpc) is 2.68. The minimum Gasteiger partial charge on any atom is -0.390 e. The van der Waals surface area contributed by atoms with Crippen molar-refractivity contribution in [2.24, 2.45) is 7.05 Å². The van der Waals surface area contributed by atoms with Crippen LogP contribution in [0, 0.1) is 0 Å². The van der Waals surface area contributed by atoms with E-state index in [2.05, 4.69) is 4.98 Å². The molecule has 1 aromatic heterocycles. The van der Waals surface area contributed by atoms with E-state index < -0.39 is 6.10 Å². The highest BCUT2D eigenvalue weighted by atomic mass is 16.5. The maximum Gasteiger partial charge on any atom is 0.108 e. The third-order valence-electron chi connectivity index (χ3n) is 4.53. The number of aromatic nitrogens is 2. The van der Waals surface area contributed by atoms with Crippen molar-refractivity contribution in [2.75, 3.05) is 7.11 Å². The van der Waals surface area contributed by atoms with Crippen molar-refractivity contribution in [1.82, 2.24) is 9.55 Å². The first-order valence-corrected chi connectivity index (χ1v) is 7.37. The van der Waals surface area contributed by atoms with E-state index in [1.54, 1.807) is 13.3 Å². The van der Waals surface area contributed by atoms with E-state index in [4.69, 9.17) is 4.74 Å². The van der Waals surface area contributed by atoms with Crippen LogP contribution in [0.4, 0.5) is 0 Å². The fraction of sp³-hybridized carbons (Fsp3) is 0.800. The topological polar surface area (TPSA) is 47.3 Å². The van der Waals surface area contributed by atoms with Crippen molar-refractivity contribution < 1.29 is 9.84 Å². The zero-order valence-corrected chi connectivity index (χ0v) is 12.1. The first kappa shape index (κ1) is 14.5. The predicted molar refractivity (Wildman–Crippen MR) is 75.0 cm³/mol. The molecule has 0 aromatic carbocycles. The lowest BCUT2D eigenvalue weighted by molar-refractivity contribution is -0.114. The zero-order chi connectivity index (χ0) is 13.7. The normalized spacial score (nSPS) is 21.0. The van der Waals surface area contributed by atoms with Gasteiger partial charge in [0.1, 0.15) is 5.82 Å². The highest BCUT2D eigenvalue weighted by Gasteiger charge is 2.37. The lowest BCUT2D eigenvalue weighted by atomic mass is 9.85. The molecule has 0 amide bonds. The largest absolute Gasteiger partial charge is 0.390 e. The molecule has 1 N–H and O–H groups in total. The van der Waals surface area contributed by atoms with Crippen LogP contribution < -0.4 is 0 Å². The number of hydrogen-bond acceptors (Lipinski definition) is 3. The van der Waals surface area contributed by atoms with Crippen molar-refractivity contribution in [2.45, 2.75) is 63.1 Å². The van der Waals surface area contributed by atoms with Gasteiger partial charge < -0.3 is 14.4 Å². The molecule has 1 heterocycles. The highest BCUT2D eigenvalue weighted by Crippen LogP contribution is 2.34. The number of rotatable bonds is 5. The number of methoxy groups -OCH3 is 1. The van der Waals surface area contributed by atoms with E-state index in [9.17, 15) is 5.11 Å². The van der Waals surface area contributed by atoms with Gasteiger partial charge in [0.05, 0.1) is 11.7 Å². The van der Waals surface area contributed by atoms with E-state index in [-0.39, 0.29) is 5.60 Å². The summed E-state index contributed by atoms with van der Waals surface area (Å²) >= 11 is 0. The molecule has 1 fully saturated rings. The second-order valence-electron chi connectivity index (χ2n) is 5.69. The second-order valence-corrected chi connectivity index (χ2v) is 5.69. The van der Waals surface area contributed by atoms with E-state index >= 15 is 0 Å². The minimum atomic E-state index is -0.396. The quantitative estimate of drug-likeness (QED) is 0.833. The van der Waals surface area contributed by atoms with Crippen LogP contribution in [0.3, 0.4) is 0 Å². The Hall–Kier alpha value is -0.870. The molecular weight excluding hydrogens is 240 g/mol. The monoisotopic (exact) mass is 266 g/mol. The molecule has 4 heteroatoms. The Bertz CT molecular complexity index is 381. The smallest absolute Gasteiger partial charge is 0.108 e. The lowest BCUT2D eigenvalue weighted by Crippen LogP contribution is -2.44. The SMILES string of the molecule is COC1(C(O)CCc2nccn2C)CCCCCC1. The van der Waals surface area contributed by atoms with Crippen LogP contribution in [0.25, 0.3) is 0 Å². The lowest BCUT2D eigenvalue weighted by Gasteiger charge is -2.36. The Morgan fingerprint density at radius 2 is 2.05 bits per heavy atom. The Morgan fingerprint density at radius 1 is 1.37 bits per heavy atom. The molecule has 4 nitrogen and oxygen atoms in total. The van der Waals surface area contributed by atoms with Gasteiger partial charge in [-0.15, -0.1) is 0 Å². The Balaban J connectivity index is 1.96. The van der Waals surface area contributed by atoms with E-state index in [0.29, 0.717) is 0 Å². The second kappa shape index (κ2) is 6.53. The molecule has 1 aliphatic carbocycles. The number of imidazole rings is 1. The van der Waals surface area contributed by atoms with Crippen LogP contribution in [0.1, 0.15) is 50.8 Å². The minimum absolute atomic E-state index is 0.332. The molecule has 0 saturated heterocycles. The number of aryl methyl sites for hydroxylation is 2. The molecule has 0 radical (unpaired) electrons. The molecule has 1 atom stereocenters. The van der Waals surface area contributed by atoms with E-state index in [0.717, 1.165) is 44.3 Å². The van der Waals surface area contributed by atoms with Gasteiger partial charge in [-0.3, -0.25) is 0 Å². The standard InChI is InChI=1S/C15H26N2O2/c1-17-12-11-16-14(17)8-7-13(18)15(19-2)9-5-3-4-6-10-15/h11-13,18H,3-10H2,1-2H3. The summed E-state index contributed by atoms with van der Waals surface area (Å²) in [4.78, 5) is 4.31. The molecular formula is C15H26N2O2. The number of nitrogens with zero attached hydrogens (tertiary/aromatic N) is 2. The maximum atomic E-state index is 10.6. The molecule has 108 valence electrons. The Labute approximate surface area is 115 Å². The fourth-order valence-corrected chi connectivity index (χ4v) is 3.17. The number of aliphatic hydroxyl groups excluding tert-OH is 1. The van der Waals surface area contributed by atoms with Gasteiger partial charge in [-0.1, -0.05) is 25.7 Å². The summed E-state index contributed by atoms with van der Waals surface area (Å²) in [5.41, 5.74) is -0.332. The number of aliphatic hydroxyl groups is 1. The molecule has 0 spiro atoms. The summed E-state index contributed by atoms with van der Waals surface area (Å²) in [5, 5.41) is 10.6. The first-order valence-electron chi connectivity index (χ1n) is 7.37. The van der Waals surface area contributed by atoms with Crippen molar-refractivity contribution in [3.05, 3.63) is 18.2 Å². The molecule has 2 rings (SSSR count). The van der Waals surface area contributed by atoms with Gasteiger partial charge in [0.2, 0.25) is 0 Å². The zero-order valence-electron chi connectivity index (χ0n) is 12.1. The Morgan fingerprint density at radius 3 is 2.58 bits per heavy atom. The molecule has 1 unspecified atom stereocenters. The van der Waals surface area contributed by atoms with E-state index in [1.165, 1.54) is 12.8 Å². The predicted octanol–water partition coefficient (Wildman–Crippen LogP) is 2.45. The molecule has 0 bridgehead atoms. The van der Waals surface area contributed by atoms with Gasteiger partial charge in [-0.2, -0.15) is 0 Å². The molecule has 1 saturated carbocycles. The molecule has 19 heavy (non-hydrogen) atoms. The van der Waals surface area contributed by atoms with Gasteiger partial charge >= 0.3 is 0 Å². The summed E-state index contributed by atoms with van der Waals surface area (Å²) in [6.07, 6.45) is 11.7. The first-order chi connectivity index (χ1) is 9.18. The summed E-state index contributed by atoms with van der Waals surface area (Å²) in [6, 6.07) is 0. The van der Waals surface area contributed by atoms with Crippen molar-refractivity contribution in [3.63, 3.8) is 0 Å². The van der Waals surface area contributed by atoms with Crippen LogP contribution in [0.15, 0.2) is 12.4 Å². The van der Waals surface area contributed by atoms with Gasteiger partial charge in [0.25, 0.3) is 0 Å². The van der Waals surface area contributed by atoms with Gasteiger partial charge in [0, 0.05) is 33.0 Å². The van der Waals surface area contributed by atoms with Gasteiger partial charge in [-0.05, 0) is 19.3 Å². The summed E-state index contributed by atoms with van der Waals surface area (Å²) in [6.45, 7) is 0. The number of ether oxygens (including phenoxy) is 1. The highest BCUT2D eigenvalue weighted by molar-refractivity contribution is 4.95. The van der Waals surface area contributed by atoms with Crippen molar-refractivity contribution >= 4 is 0 Å². The number of hydrogen-bond donors (Lipinski definition) is 1. The average molecular weight is 266 g/mol. The van der Waals surface area contributed by atoms with Crippen LogP contribution in [0.5, 0.6) is 0 Å². The van der Waals surface area contributed by atoms with Crippen molar-refractivity contribution in [1.29, 1.82) is 0 Å². The summed E-state index contributed by atoms with van der Waals surface area (Å²) in [7, 11) is 3.74. The third kappa shape index (κ3) is 3.37. The molecule has 1 aromatic rings.